The van der Waals surface area contributed by atoms with E-state index in [9.17, 15) is 4.79 Å². The lowest BCUT2D eigenvalue weighted by Crippen LogP contribution is -2.44. The summed E-state index contributed by atoms with van der Waals surface area (Å²) in [4.78, 5) is 13.9. The molecule has 2 aliphatic heterocycles. The van der Waals surface area contributed by atoms with Crippen LogP contribution in [0.4, 0.5) is 0 Å². The third kappa shape index (κ3) is 2.17. The summed E-state index contributed by atoms with van der Waals surface area (Å²) in [6.45, 7) is 2.53. The number of carbonyl (C=O) groups is 1. The van der Waals surface area contributed by atoms with Crippen LogP contribution in [0.2, 0.25) is 4.47 Å². The molecule has 2 saturated heterocycles. The van der Waals surface area contributed by atoms with Crippen LogP contribution < -0.4 is 5.32 Å². The van der Waals surface area contributed by atoms with E-state index in [0.29, 0.717) is 10.5 Å². The number of piperidine rings is 1. The van der Waals surface area contributed by atoms with Crippen molar-refractivity contribution >= 4 is 28.8 Å². The van der Waals surface area contributed by atoms with E-state index in [1.54, 1.807) is 0 Å². The van der Waals surface area contributed by atoms with Crippen molar-refractivity contribution in [2.24, 2.45) is 5.92 Å². The summed E-state index contributed by atoms with van der Waals surface area (Å²) in [7, 11) is 0. The molecule has 1 aromatic rings. The molecule has 2 atom stereocenters. The Kier molecular flexibility index (Phi) is 3.02. The number of hydrogen-bond donors (Lipinski definition) is 1. The van der Waals surface area contributed by atoms with E-state index in [-0.39, 0.29) is 11.8 Å². The second-order valence-corrected chi connectivity index (χ2v) is 6.12. The molecule has 1 amide bonds. The van der Waals surface area contributed by atoms with E-state index < -0.39 is 0 Å². The molecule has 0 aromatic carbocycles. The minimum Gasteiger partial charge on any atom is -0.354 e. The highest BCUT2D eigenvalue weighted by Crippen LogP contribution is 2.29. The molecule has 3 rings (SSSR count). The first kappa shape index (κ1) is 11.4. The molecule has 0 aliphatic carbocycles. The quantitative estimate of drug-likeness (QED) is 0.869. The van der Waals surface area contributed by atoms with Crippen molar-refractivity contribution in [2.75, 3.05) is 13.1 Å². The lowest BCUT2D eigenvalue weighted by atomic mass is 9.91. The summed E-state index contributed by atoms with van der Waals surface area (Å²) in [5.41, 5.74) is 0. The van der Waals surface area contributed by atoms with E-state index in [1.807, 2.05) is 0 Å². The van der Waals surface area contributed by atoms with Gasteiger partial charge in [-0.1, -0.05) is 11.3 Å². The number of nitrogens with one attached hydrogen (secondary N) is 1. The molecular weight excluding hydrogens is 260 g/mol. The van der Waals surface area contributed by atoms with Crippen LogP contribution >= 0.6 is 22.9 Å². The van der Waals surface area contributed by atoms with Crippen LogP contribution in [-0.4, -0.2) is 40.1 Å². The molecular formula is C10H13ClN4OS. The SMILES string of the molecule is O=C1NCC2C1CCCN2Cc1nnc(Cl)s1. The Morgan fingerprint density at radius 3 is 3.18 bits per heavy atom. The number of halogens is 1. The predicted molar refractivity (Wildman–Crippen MR) is 64.9 cm³/mol. The Balaban J connectivity index is 1.72. The van der Waals surface area contributed by atoms with Crippen molar-refractivity contribution in [1.82, 2.24) is 20.4 Å². The van der Waals surface area contributed by atoms with Gasteiger partial charge in [-0.15, -0.1) is 10.2 Å². The summed E-state index contributed by atoms with van der Waals surface area (Å²) in [6, 6.07) is 0.318. The number of likely N-dealkylation sites (tertiary alicyclic amines) is 1. The standard InChI is InChI=1S/C10H13ClN4OS/c11-10-14-13-8(17-10)5-15-3-1-2-6-7(15)4-12-9(6)16/h6-7H,1-5H2,(H,12,16). The van der Waals surface area contributed by atoms with Gasteiger partial charge in [0.15, 0.2) is 0 Å². The first-order chi connectivity index (χ1) is 8.24. The maximum Gasteiger partial charge on any atom is 0.224 e. The van der Waals surface area contributed by atoms with E-state index >= 15 is 0 Å². The van der Waals surface area contributed by atoms with Gasteiger partial charge in [-0.05, 0) is 31.0 Å². The van der Waals surface area contributed by atoms with Crippen LogP contribution in [0.25, 0.3) is 0 Å². The fourth-order valence-electron chi connectivity index (χ4n) is 2.71. The number of carbonyl (C=O) groups excluding carboxylic acids is 1. The van der Waals surface area contributed by atoms with E-state index in [4.69, 9.17) is 11.6 Å². The summed E-state index contributed by atoms with van der Waals surface area (Å²) < 4.78 is 0.481. The summed E-state index contributed by atoms with van der Waals surface area (Å²) in [6.07, 6.45) is 2.07. The summed E-state index contributed by atoms with van der Waals surface area (Å²) >= 11 is 7.19. The van der Waals surface area contributed by atoms with Crippen molar-refractivity contribution in [3.63, 3.8) is 0 Å². The fraction of sp³-hybridized carbons (Fsp3) is 0.700. The Labute approximate surface area is 108 Å². The van der Waals surface area contributed by atoms with Crippen LogP contribution in [-0.2, 0) is 11.3 Å². The minimum atomic E-state index is 0.159. The molecule has 1 N–H and O–H groups in total. The van der Waals surface area contributed by atoms with E-state index in [1.165, 1.54) is 11.3 Å². The molecule has 0 saturated carbocycles. The van der Waals surface area contributed by atoms with Gasteiger partial charge in [-0.2, -0.15) is 0 Å². The fourth-order valence-corrected chi connectivity index (χ4v) is 3.60. The van der Waals surface area contributed by atoms with Gasteiger partial charge >= 0.3 is 0 Å². The number of aromatic nitrogens is 2. The molecule has 92 valence electrons. The molecule has 3 heterocycles. The molecule has 2 aliphatic rings. The largest absolute Gasteiger partial charge is 0.354 e. The third-order valence-corrected chi connectivity index (χ3v) is 4.50. The number of nitrogens with zero attached hydrogens (tertiary/aromatic N) is 3. The predicted octanol–water partition coefficient (Wildman–Crippen LogP) is 0.902. The molecule has 5 nitrogen and oxygen atoms in total. The topological polar surface area (TPSA) is 58.1 Å². The van der Waals surface area contributed by atoms with Gasteiger partial charge in [0.25, 0.3) is 0 Å². The van der Waals surface area contributed by atoms with Gasteiger partial charge in [0.1, 0.15) is 5.01 Å². The molecule has 0 bridgehead atoms. The summed E-state index contributed by atoms with van der Waals surface area (Å²) in [5, 5.41) is 11.7. The number of rotatable bonds is 2. The smallest absolute Gasteiger partial charge is 0.224 e. The Morgan fingerprint density at radius 1 is 1.53 bits per heavy atom. The number of amides is 1. The average molecular weight is 273 g/mol. The average Bonchev–Trinajstić information content (AvgIpc) is 2.88. The zero-order valence-corrected chi connectivity index (χ0v) is 10.8. The monoisotopic (exact) mass is 272 g/mol. The normalized spacial score (nSPS) is 29.1. The molecule has 0 spiro atoms. The van der Waals surface area contributed by atoms with Crippen molar-refractivity contribution in [3.05, 3.63) is 9.47 Å². The third-order valence-electron chi connectivity index (χ3n) is 3.50. The van der Waals surface area contributed by atoms with Crippen LogP contribution in [0.3, 0.4) is 0 Å². The van der Waals surface area contributed by atoms with Crippen LogP contribution in [0.5, 0.6) is 0 Å². The Bertz CT molecular complexity index is 438. The first-order valence-corrected chi connectivity index (χ1v) is 6.93. The molecule has 1 aromatic heterocycles. The van der Waals surface area contributed by atoms with Crippen LogP contribution in [0, 0.1) is 5.92 Å². The van der Waals surface area contributed by atoms with E-state index in [2.05, 4.69) is 20.4 Å². The zero-order chi connectivity index (χ0) is 11.8. The second-order valence-electron chi connectivity index (χ2n) is 4.48. The maximum atomic E-state index is 11.6. The summed E-state index contributed by atoms with van der Waals surface area (Å²) in [5.74, 6) is 0.363. The van der Waals surface area contributed by atoms with Crippen LogP contribution in [0.1, 0.15) is 17.8 Å². The van der Waals surface area contributed by atoms with Gasteiger partial charge in [-0.3, -0.25) is 9.69 Å². The van der Waals surface area contributed by atoms with Gasteiger partial charge < -0.3 is 5.32 Å². The number of fused-ring (bicyclic) bond motifs is 1. The van der Waals surface area contributed by atoms with Gasteiger partial charge in [0.05, 0.1) is 12.5 Å². The highest BCUT2D eigenvalue weighted by atomic mass is 35.5. The van der Waals surface area contributed by atoms with Gasteiger partial charge in [-0.25, -0.2) is 0 Å². The van der Waals surface area contributed by atoms with Crippen molar-refractivity contribution < 1.29 is 4.79 Å². The molecule has 2 fully saturated rings. The lowest BCUT2D eigenvalue weighted by molar-refractivity contribution is -0.124. The molecule has 2 unspecified atom stereocenters. The maximum absolute atomic E-state index is 11.6. The number of hydrogen-bond acceptors (Lipinski definition) is 5. The van der Waals surface area contributed by atoms with Gasteiger partial charge in [0, 0.05) is 12.6 Å². The second kappa shape index (κ2) is 4.51. The van der Waals surface area contributed by atoms with E-state index in [0.717, 1.165) is 37.5 Å². The Morgan fingerprint density at radius 2 is 2.41 bits per heavy atom. The van der Waals surface area contributed by atoms with Crippen LogP contribution in [0.15, 0.2) is 0 Å². The zero-order valence-electron chi connectivity index (χ0n) is 9.23. The molecule has 7 heteroatoms. The highest BCUT2D eigenvalue weighted by molar-refractivity contribution is 7.15. The van der Waals surface area contributed by atoms with Gasteiger partial charge in [0.2, 0.25) is 10.4 Å². The highest BCUT2D eigenvalue weighted by Gasteiger charge is 2.40. The van der Waals surface area contributed by atoms with Crippen molar-refractivity contribution in [1.29, 1.82) is 0 Å². The lowest BCUT2D eigenvalue weighted by Gasteiger charge is -2.35. The van der Waals surface area contributed by atoms with Crippen molar-refractivity contribution in [2.45, 2.75) is 25.4 Å². The first-order valence-electron chi connectivity index (χ1n) is 5.73. The molecule has 0 radical (unpaired) electrons. The Hall–Kier alpha value is -0.720. The van der Waals surface area contributed by atoms with Crippen molar-refractivity contribution in [3.8, 4) is 0 Å². The minimum absolute atomic E-state index is 0.159. The molecule has 17 heavy (non-hydrogen) atoms.